The van der Waals surface area contributed by atoms with Crippen molar-refractivity contribution in [3.05, 3.63) is 35.9 Å². The van der Waals surface area contributed by atoms with Gasteiger partial charge >= 0.3 is 0 Å². The molecule has 120 valence electrons. The largest absolute Gasteiger partial charge is 0.370 e. The van der Waals surface area contributed by atoms with E-state index in [-0.39, 0.29) is 29.4 Å². The molecule has 2 aliphatic heterocycles. The third kappa shape index (κ3) is 3.67. The molecule has 0 aliphatic carbocycles. The molecular weight excluding hydrogens is 302 g/mol. The maximum absolute atomic E-state index is 12.4. The average Bonchev–Trinajstić information content (AvgIpc) is 2.87. The van der Waals surface area contributed by atoms with Crippen LogP contribution in [0.1, 0.15) is 24.5 Å². The maximum atomic E-state index is 12.4. The molecular formula is C16H21NO4S. The standard InChI is InChI=1S/C16H21NO4S/c18-16(10-13-6-9-22(19,20)12-13)17-7-8-21-15(11-17)14-4-2-1-3-5-14/h1-5,13,15H,6-12H2/t13-,15-/m1/s1. The molecule has 0 bridgehead atoms. The van der Waals surface area contributed by atoms with Crippen LogP contribution in [0.3, 0.4) is 0 Å². The minimum atomic E-state index is -2.92. The van der Waals surface area contributed by atoms with E-state index in [1.165, 1.54) is 0 Å². The van der Waals surface area contributed by atoms with E-state index in [2.05, 4.69) is 0 Å². The highest BCUT2D eigenvalue weighted by Gasteiger charge is 2.32. The lowest BCUT2D eigenvalue weighted by molar-refractivity contribution is -0.139. The first-order valence-electron chi connectivity index (χ1n) is 7.68. The number of sulfone groups is 1. The Morgan fingerprint density at radius 2 is 2.05 bits per heavy atom. The number of carbonyl (C=O) groups is 1. The van der Waals surface area contributed by atoms with Gasteiger partial charge in [0.25, 0.3) is 0 Å². The molecule has 3 rings (SSSR count). The highest BCUT2D eigenvalue weighted by atomic mass is 32.2. The van der Waals surface area contributed by atoms with E-state index >= 15 is 0 Å². The molecule has 2 fully saturated rings. The molecule has 0 radical (unpaired) electrons. The molecule has 0 N–H and O–H groups in total. The predicted octanol–water partition coefficient (Wildman–Crippen LogP) is 1.41. The Hall–Kier alpha value is -1.40. The molecule has 2 atom stereocenters. The Bertz CT molecular complexity index is 629. The molecule has 0 aromatic heterocycles. The fraction of sp³-hybridized carbons (Fsp3) is 0.562. The van der Waals surface area contributed by atoms with Crippen LogP contribution < -0.4 is 0 Å². The van der Waals surface area contributed by atoms with Gasteiger partial charge in [0, 0.05) is 13.0 Å². The monoisotopic (exact) mass is 323 g/mol. The molecule has 1 aromatic carbocycles. The number of rotatable bonds is 3. The van der Waals surface area contributed by atoms with E-state index < -0.39 is 9.84 Å². The lowest BCUT2D eigenvalue weighted by Gasteiger charge is -2.33. The fourth-order valence-corrected chi connectivity index (χ4v) is 5.02. The number of benzene rings is 1. The number of amides is 1. The zero-order chi connectivity index (χ0) is 15.6. The third-order valence-electron chi connectivity index (χ3n) is 4.38. The molecule has 22 heavy (non-hydrogen) atoms. The van der Waals surface area contributed by atoms with Gasteiger partial charge in [0.05, 0.1) is 24.7 Å². The summed E-state index contributed by atoms with van der Waals surface area (Å²) < 4.78 is 28.7. The number of hydrogen-bond acceptors (Lipinski definition) is 4. The van der Waals surface area contributed by atoms with Crippen molar-refractivity contribution in [3.63, 3.8) is 0 Å². The van der Waals surface area contributed by atoms with Gasteiger partial charge in [-0.2, -0.15) is 0 Å². The van der Waals surface area contributed by atoms with Crippen LogP contribution in [0.4, 0.5) is 0 Å². The molecule has 2 saturated heterocycles. The highest BCUT2D eigenvalue weighted by Crippen LogP contribution is 2.25. The topological polar surface area (TPSA) is 63.7 Å². The summed E-state index contributed by atoms with van der Waals surface area (Å²) in [5.41, 5.74) is 1.07. The van der Waals surface area contributed by atoms with Crippen molar-refractivity contribution < 1.29 is 17.9 Å². The number of carbonyl (C=O) groups excluding carboxylic acids is 1. The van der Waals surface area contributed by atoms with Gasteiger partial charge in [0.2, 0.25) is 5.91 Å². The van der Waals surface area contributed by atoms with Crippen molar-refractivity contribution in [1.29, 1.82) is 0 Å². The minimum Gasteiger partial charge on any atom is -0.370 e. The summed E-state index contributed by atoms with van der Waals surface area (Å²) in [7, 11) is -2.92. The predicted molar refractivity (Wildman–Crippen MR) is 83.1 cm³/mol. The van der Waals surface area contributed by atoms with Crippen molar-refractivity contribution >= 4 is 15.7 Å². The Kier molecular flexibility index (Phi) is 4.49. The molecule has 2 aliphatic rings. The fourth-order valence-electron chi connectivity index (χ4n) is 3.15. The maximum Gasteiger partial charge on any atom is 0.223 e. The van der Waals surface area contributed by atoms with Crippen LogP contribution in [0.2, 0.25) is 0 Å². The minimum absolute atomic E-state index is 0.0180. The van der Waals surface area contributed by atoms with Gasteiger partial charge in [-0.05, 0) is 17.9 Å². The van der Waals surface area contributed by atoms with Crippen LogP contribution in [0.15, 0.2) is 30.3 Å². The van der Waals surface area contributed by atoms with Crippen molar-refractivity contribution in [3.8, 4) is 0 Å². The summed E-state index contributed by atoms with van der Waals surface area (Å²) >= 11 is 0. The number of ether oxygens (including phenoxy) is 1. The normalized spacial score (nSPS) is 27.7. The molecule has 2 heterocycles. The molecule has 5 nitrogen and oxygen atoms in total. The van der Waals surface area contributed by atoms with Crippen LogP contribution in [0, 0.1) is 5.92 Å². The summed E-state index contributed by atoms with van der Waals surface area (Å²) in [4.78, 5) is 14.2. The second kappa shape index (κ2) is 6.38. The smallest absolute Gasteiger partial charge is 0.223 e. The van der Waals surface area contributed by atoms with Crippen LogP contribution >= 0.6 is 0 Å². The van der Waals surface area contributed by atoms with Crippen LogP contribution in [-0.2, 0) is 19.4 Å². The Labute approximate surface area is 131 Å². The first-order valence-corrected chi connectivity index (χ1v) is 9.50. The molecule has 0 spiro atoms. The van der Waals surface area contributed by atoms with E-state index in [9.17, 15) is 13.2 Å². The van der Waals surface area contributed by atoms with E-state index in [0.717, 1.165) is 5.56 Å². The van der Waals surface area contributed by atoms with Gasteiger partial charge in [-0.25, -0.2) is 8.42 Å². The lowest BCUT2D eigenvalue weighted by atomic mass is 10.0. The zero-order valence-electron chi connectivity index (χ0n) is 12.5. The Morgan fingerprint density at radius 1 is 1.27 bits per heavy atom. The van der Waals surface area contributed by atoms with E-state index in [4.69, 9.17) is 4.74 Å². The number of nitrogens with zero attached hydrogens (tertiary/aromatic N) is 1. The summed E-state index contributed by atoms with van der Waals surface area (Å²) in [5.74, 6) is 0.410. The van der Waals surface area contributed by atoms with Crippen molar-refractivity contribution in [2.75, 3.05) is 31.2 Å². The van der Waals surface area contributed by atoms with Crippen molar-refractivity contribution in [1.82, 2.24) is 4.90 Å². The van der Waals surface area contributed by atoms with Crippen molar-refractivity contribution in [2.45, 2.75) is 18.9 Å². The summed E-state index contributed by atoms with van der Waals surface area (Å²) in [6.45, 7) is 1.65. The molecule has 0 unspecified atom stereocenters. The van der Waals surface area contributed by atoms with E-state index in [1.807, 2.05) is 35.2 Å². The third-order valence-corrected chi connectivity index (χ3v) is 6.22. The van der Waals surface area contributed by atoms with Crippen LogP contribution in [0.5, 0.6) is 0 Å². The molecule has 0 saturated carbocycles. The second-order valence-corrected chi connectivity index (χ2v) is 8.31. The van der Waals surface area contributed by atoms with Crippen LogP contribution in [-0.4, -0.2) is 50.4 Å². The SMILES string of the molecule is O=C(C[C@H]1CCS(=O)(=O)C1)N1CCO[C@@H](c2ccccc2)C1. The molecule has 1 amide bonds. The lowest BCUT2D eigenvalue weighted by Crippen LogP contribution is -2.42. The quantitative estimate of drug-likeness (QED) is 0.844. The Morgan fingerprint density at radius 3 is 2.73 bits per heavy atom. The average molecular weight is 323 g/mol. The zero-order valence-corrected chi connectivity index (χ0v) is 13.3. The van der Waals surface area contributed by atoms with E-state index in [1.54, 1.807) is 0 Å². The van der Waals surface area contributed by atoms with Gasteiger partial charge < -0.3 is 9.64 Å². The summed E-state index contributed by atoms with van der Waals surface area (Å²) in [5, 5.41) is 0. The summed E-state index contributed by atoms with van der Waals surface area (Å²) in [6, 6.07) is 9.88. The number of hydrogen-bond donors (Lipinski definition) is 0. The molecule has 6 heteroatoms. The van der Waals surface area contributed by atoms with Gasteiger partial charge in [0.1, 0.15) is 6.10 Å². The second-order valence-electron chi connectivity index (χ2n) is 6.08. The Balaban J connectivity index is 1.59. The first-order chi connectivity index (χ1) is 10.5. The van der Waals surface area contributed by atoms with E-state index in [0.29, 0.717) is 32.5 Å². The van der Waals surface area contributed by atoms with Gasteiger partial charge in [-0.15, -0.1) is 0 Å². The van der Waals surface area contributed by atoms with Gasteiger partial charge in [-0.1, -0.05) is 30.3 Å². The van der Waals surface area contributed by atoms with Gasteiger partial charge in [-0.3, -0.25) is 4.79 Å². The molecule has 1 aromatic rings. The summed E-state index contributed by atoms with van der Waals surface area (Å²) in [6.07, 6.45) is 0.854. The van der Waals surface area contributed by atoms with Crippen LogP contribution in [0.25, 0.3) is 0 Å². The number of morpholine rings is 1. The highest BCUT2D eigenvalue weighted by molar-refractivity contribution is 7.91. The first kappa shape index (κ1) is 15.5. The van der Waals surface area contributed by atoms with Gasteiger partial charge in [0.15, 0.2) is 9.84 Å². The van der Waals surface area contributed by atoms with Crippen molar-refractivity contribution in [2.24, 2.45) is 5.92 Å².